The largest absolute Gasteiger partial charge is 0.342 e. The van der Waals surface area contributed by atoms with Crippen LogP contribution in [-0.2, 0) is 17.6 Å². The second-order valence-corrected chi connectivity index (χ2v) is 6.48. The van der Waals surface area contributed by atoms with E-state index in [1.807, 2.05) is 0 Å². The molecule has 21 heavy (non-hydrogen) atoms. The van der Waals surface area contributed by atoms with Crippen LogP contribution in [0.3, 0.4) is 0 Å². The van der Waals surface area contributed by atoms with Crippen molar-refractivity contribution in [3.05, 3.63) is 35.4 Å². The fourth-order valence-corrected chi connectivity index (χ4v) is 3.94. The molecule has 1 fully saturated rings. The maximum atomic E-state index is 12.9. The monoisotopic (exact) mass is 286 g/mol. The quantitative estimate of drug-likeness (QED) is 0.907. The van der Waals surface area contributed by atoms with E-state index in [4.69, 9.17) is 5.73 Å². The Morgan fingerprint density at radius 2 is 1.71 bits per heavy atom. The van der Waals surface area contributed by atoms with Gasteiger partial charge in [0.25, 0.3) is 0 Å². The zero-order valence-corrected chi connectivity index (χ0v) is 12.8. The molecule has 1 aliphatic heterocycles. The molecule has 2 unspecified atom stereocenters. The maximum Gasteiger partial charge on any atom is 0.226 e. The van der Waals surface area contributed by atoms with E-state index in [-0.39, 0.29) is 5.92 Å². The summed E-state index contributed by atoms with van der Waals surface area (Å²) in [5, 5.41) is 0. The minimum Gasteiger partial charge on any atom is -0.342 e. The highest BCUT2D eigenvalue weighted by Crippen LogP contribution is 2.31. The first-order valence-electron chi connectivity index (χ1n) is 8.35. The van der Waals surface area contributed by atoms with Crippen molar-refractivity contribution in [3.63, 3.8) is 0 Å². The van der Waals surface area contributed by atoms with Crippen LogP contribution < -0.4 is 5.73 Å². The molecule has 114 valence electrons. The Hall–Kier alpha value is -1.35. The normalized spacial score (nSPS) is 26.0. The van der Waals surface area contributed by atoms with Crippen LogP contribution >= 0.6 is 0 Å². The van der Waals surface area contributed by atoms with E-state index in [0.717, 1.165) is 38.8 Å². The molecule has 1 aromatic carbocycles. The van der Waals surface area contributed by atoms with Gasteiger partial charge in [-0.2, -0.15) is 0 Å². The number of hydrogen-bond acceptors (Lipinski definition) is 2. The van der Waals surface area contributed by atoms with Gasteiger partial charge in [-0.1, -0.05) is 37.1 Å². The van der Waals surface area contributed by atoms with E-state index >= 15 is 0 Å². The van der Waals surface area contributed by atoms with E-state index < -0.39 is 0 Å². The lowest BCUT2D eigenvalue weighted by Gasteiger charge is -2.33. The van der Waals surface area contributed by atoms with Gasteiger partial charge in [0.2, 0.25) is 5.91 Å². The van der Waals surface area contributed by atoms with Gasteiger partial charge in [0, 0.05) is 19.0 Å². The first-order chi connectivity index (χ1) is 10.3. The van der Waals surface area contributed by atoms with Gasteiger partial charge in [0.05, 0.1) is 0 Å². The van der Waals surface area contributed by atoms with Crippen LogP contribution in [0.4, 0.5) is 0 Å². The average Bonchev–Trinajstić information content (AvgIpc) is 2.77. The molecule has 0 aromatic heterocycles. The van der Waals surface area contributed by atoms with E-state index in [2.05, 4.69) is 29.2 Å². The summed E-state index contributed by atoms with van der Waals surface area (Å²) in [6.45, 7) is 2.39. The summed E-state index contributed by atoms with van der Waals surface area (Å²) >= 11 is 0. The highest BCUT2D eigenvalue weighted by atomic mass is 16.2. The van der Waals surface area contributed by atoms with Crippen molar-refractivity contribution in [2.24, 2.45) is 17.6 Å². The summed E-state index contributed by atoms with van der Waals surface area (Å²) in [7, 11) is 0. The number of rotatable bonds is 2. The van der Waals surface area contributed by atoms with Crippen molar-refractivity contribution in [1.29, 1.82) is 0 Å². The summed E-state index contributed by atoms with van der Waals surface area (Å²) in [6.07, 6.45) is 6.55. The Morgan fingerprint density at radius 1 is 1.10 bits per heavy atom. The lowest BCUT2D eigenvalue weighted by atomic mass is 9.78. The summed E-state index contributed by atoms with van der Waals surface area (Å²) in [4.78, 5) is 15.0. The Labute approximate surface area is 127 Å². The molecule has 2 aliphatic rings. The molecule has 3 rings (SSSR count). The molecule has 2 N–H and O–H groups in total. The number of carbonyl (C=O) groups is 1. The number of nitrogens with zero attached hydrogens (tertiary/aromatic N) is 1. The zero-order chi connectivity index (χ0) is 14.7. The number of carbonyl (C=O) groups excluding carboxylic acids is 1. The van der Waals surface area contributed by atoms with Crippen LogP contribution in [0.1, 0.15) is 36.8 Å². The zero-order valence-electron chi connectivity index (χ0n) is 12.8. The molecule has 1 amide bonds. The Bertz CT molecular complexity index is 473. The minimum atomic E-state index is 0.171. The third-order valence-electron chi connectivity index (χ3n) is 5.26. The molecular formula is C18H26N2O. The highest BCUT2D eigenvalue weighted by molar-refractivity contribution is 5.79. The van der Waals surface area contributed by atoms with Crippen molar-refractivity contribution in [3.8, 4) is 0 Å². The number of nitrogens with two attached hydrogens (primary N) is 1. The second kappa shape index (κ2) is 6.61. The van der Waals surface area contributed by atoms with E-state index in [1.165, 1.54) is 24.0 Å². The van der Waals surface area contributed by atoms with Gasteiger partial charge in [0.1, 0.15) is 0 Å². The second-order valence-electron chi connectivity index (χ2n) is 6.48. The lowest BCUT2D eigenvalue weighted by Crippen LogP contribution is -2.43. The molecule has 1 aromatic rings. The van der Waals surface area contributed by atoms with Gasteiger partial charge in [-0.25, -0.2) is 0 Å². The van der Waals surface area contributed by atoms with E-state index in [9.17, 15) is 4.79 Å². The molecule has 0 saturated heterocycles. The molecule has 1 saturated carbocycles. The van der Waals surface area contributed by atoms with Crippen LogP contribution in [-0.4, -0.2) is 30.4 Å². The molecule has 0 spiro atoms. The first-order valence-corrected chi connectivity index (χ1v) is 8.35. The fraction of sp³-hybridized carbons (Fsp3) is 0.611. The number of hydrogen-bond donors (Lipinski definition) is 1. The van der Waals surface area contributed by atoms with Crippen molar-refractivity contribution in [2.75, 3.05) is 19.6 Å². The predicted octanol–water partition coefficient (Wildman–Crippen LogP) is 2.38. The van der Waals surface area contributed by atoms with Gasteiger partial charge in [-0.15, -0.1) is 0 Å². The smallest absolute Gasteiger partial charge is 0.226 e. The molecule has 2 atom stereocenters. The first kappa shape index (κ1) is 14.6. The van der Waals surface area contributed by atoms with Crippen LogP contribution in [0.25, 0.3) is 0 Å². The van der Waals surface area contributed by atoms with Gasteiger partial charge >= 0.3 is 0 Å². The summed E-state index contributed by atoms with van der Waals surface area (Å²) in [5.74, 6) is 0.930. The molecule has 3 nitrogen and oxygen atoms in total. The van der Waals surface area contributed by atoms with Crippen molar-refractivity contribution < 1.29 is 4.79 Å². The topological polar surface area (TPSA) is 46.3 Å². The maximum absolute atomic E-state index is 12.9. The van der Waals surface area contributed by atoms with Gasteiger partial charge in [-0.3, -0.25) is 4.79 Å². The average molecular weight is 286 g/mol. The SMILES string of the molecule is NCC1CCCCC1C(=O)N1CCc2ccccc2CC1. The fourth-order valence-electron chi connectivity index (χ4n) is 3.94. The molecule has 1 aliphatic carbocycles. The molecule has 1 heterocycles. The molecule has 3 heteroatoms. The Kier molecular flexibility index (Phi) is 4.59. The number of benzene rings is 1. The van der Waals surface area contributed by atoms with Crippen LogP contribution in [0.15, 0.2) is 24.3 Å². The summed E-state index contributed by atoms with van der Waals surface area (Å²) in [5.41, 5.74) is 8.71. The Morgan fingerprint density at radius 3 is 2.33 bits per heavy atom. The standard InChI is InChI=1S/C18H26N2O/c19-13-16-7-3-4-8-17(16)18(21)20-11-9-14-5-1-2-6-15(14)10-12-20/h1-2,5-6,16-17H,3-4,7-13,19H2. The third-order valence-corrected chi connectivity index (χ3v) is 5.26. The minimum absolute atomic E-state index is 0.171. The molecule has 0 radical (unpaired) electrons. The van der Waals surface area contributed by atoms with E-state index in [1.54, 1.807) is 0 Å². The molecular weight excluding hydrogens is 260 g/mol. The van der Waals surface area contributed by atoms with Crippen molar-refractivity contribution in [2.45, 2.75) is 38.5 Å². The van der Waals surface area contributed by atoms with E-state index in [0.29, 0.717) is 18.4 Å². The van der Waals surface area contributed by atoms with Crippen molar-refractivity contribution >= 4 is 5.91 Å². The summed E-state index contributed by atoms with van der Waals surface area (Å²) < 4.78 is 0. The predicted molar refractivity (Wildman–Crippen MR) is 84.9 cm³/mol. The number of fused-ring (bicyclic) bond motifs is 1. The van der Waals surface area contributed by atoms with Crippen LogP contribution in [0.5, 0.6) is 0 Å². The summed E-state index contributed by atoms with van der Waals surface area (Å²) in [6, 6.07) is 8.60. The lowest BCUT2D eigenvalue weighted by molar-refractivity contribution is -0.138. The number of amides is 1. The third kappa shape index (κ3) is 3.13. The van der Waals surface area contributed by atoms with Crippen molar-refractivity contribution in [1.82, 2.24) is 4.90 Å². The molecule has 0 bridgehead atoms. The Balaban J connectivity index is 1.69. The highest BCUT2D eigenvalue weighted by Gasteiger charge is 2.33. The van der Waals surface area contributed by atoms with Gasteiger partial charge in [0.15, 0.2) is 0 Å². The van der Waals surface area contributed by atoms with Crippen LogP contribution in [0, 0.1) is 11.8 Å². The van der Waals surface area contributed by atoms with Crippen LogP contribution in [0.2, 0.25) is 0 Å². The van der Waals surface area contributed by atoms with Gasteiger partial charge < -0.3 is 10.6 Å². The van der Waals surface area contributed by atoms with Gasteiger partial charge in [-0.05, 0) is 49.3 Å².